The normalized spacial score (nSPS) is 11.4. The Morgan fingerprint density at radius 1 is 1.52 bits per heavy atom. The van der Waals surface area contributed by atoms with Crippen molar-refractivity contribution in [2.75, 3.05) is 19.0 Å². The molecule has 0 aliphatic carbocycles. The molecule has 21 heavy (non-hydrogen) atoms. The number of hydrogen-bond acceptors (Lipinski definition) is 3. The molecular formula is C14H18ClN5O. The number of benzene rings is 1. The molecule has 0 spiro atoms. The lowest BCUT2D eigenvalue weighted by Crippen LogP contribution is -2.23. The maximum atomic E-state index is 6.04. The van der Waals surface area contributed by atoms with Crippen LogP contribution in [0.1, 0.15) is 6.42 Å². The summed E-state index contributed by atoms with van der Waals surface area (Å²) in [5.74, 6) is 0.980. The average Bonchev–Trinajstić information content (AvgIpc) is 2.97. The van der Waals surface area contributed by atoms with Gasteiger partial charge < -0.3 is 15.8 Å². The van der Waals surface area contributed by atoms with Crippen LogP contribution < -0.4 is 15.8 Å². The van der Waals surface area contributed by atoms with Crippen molar-refractivity contribution in [1.29, 1.82) is 0 Å². The van der Waals surface area contributed by atoms with E-state index in [2.05, 4.69) is 15.4 Å². The fraction of sp³-hybridized carbons (Fsp3) is 0.286. The van der Waals surface area contributed by atoms with Crippen LogP contribution in [0.4, 0.5) is 5.69 Å². The van der Waals surface area contributed by atoms with Gasteiger partial charge in [-0.15, -0.1) is 0 Å². The van der Waals surface area contributed by atoms with Crippen molar-refractivity contribution in [2.45, 2.75) is 13.0 Å². The van der Waals surface area contributed by atoms with E-state index in [0.717, 1.165) is 18.7 Å². The zero-order valence-electron chi connectivity index (χ0n) is 11.8. The molecule has 0 saturated carbocycles. The molecule has 1 aromatic carbocycles. The first-order chi connectivity index (χ1) is 10.2. The van der Waals surface area contributed by atoms with Gasteiger partial charge in [0.25, 0.3) is 0 Å². The molecule has 0 aliphatic heterocycles. The molecule has 3 N–H and O–H groups in total. The first kappa shape index (κ1) is 15.2. The zero-order valence-corrected chi connectivity index (χ0v) is 12.5. The number of aliphatic imine (C=N–C) groups is 1. The van der Waals surface area contributed by atoms with Gasteiger partial charge in [-0.3, -0.25) is 9.67 Å². The molecule has 112 valence electrons. The molecule has 0 atom stereocenters. The first-order valence-electron chi connectivity index (χ1n) is 6.57. The van der Waals surface area contributed by atoms with Crippen LogP contribution in [-0.4, -0.2) is 29.4 Å². The Balaban J connectivity index is 1.81. The molecule has 0 amide bonds. The van der Waals surface area contributed by atoms with E-state index >= 15 is 0 Å². The van der Waals surface area contributed by atoms with Gasteiger partial charge in [-0.25, -0.2) is 0 Å². The van der Waals surface area contributed by atoms with Gasteiger partial charge in [0, 0.05) is 31.2 Å². The van der Waals surface area contributed by atoms with Crippen LogP contribution in [0, 0.1) is 0 Å². The van der Waals surface area contributed by atoms with E-state index in [0.29, 0.717) is 23.3 Å². The molecule has 7 heteroatoms. The summed E-state index contributed by atoms with van der Waals surface area (Å²) in [5, 5.41) is 7.64. The van der Waals surface area contributed by atoms with Crippen LogP contribution in [0.25, 0.3) is 0 Å². The summed E-state index contributed by atoms with van der Waals surface area (Å²) in [4.78, 5) is 4.26. The number of rotatable bonds is 6. The minimum absolute atomic E-state index is 0.358. The number of hydrogen-bond donors (Lipinski definition) is 2. The van der Waals surface area contributed by atoms with E-state index in [1.165, 1.54) is 0 Å². The van der Waals surface area contributed by atoms with Crippen molar-refractivity contribution in [1.82, 2.24) is 9.78 Å². The summed E-state index contributed by atoms with van der Waals surface area (Å²) in [5.41, 5.74) is 6.60. The van der Waals surface area contributed by atoms with E-state index in [4.69, 9.17) is 22.1 Å². The Morgan fingerprint density at radius 3 is 3.05 bits per heavy atom. The van der Waals surface area contributed by atoms with Crippen LogP contribution in [0.15, 0.2) is 41.7 Å². The second-order valence-corrected chi connectivity index (χ2v) is 4.77. The SMILES string of the molecule is COc1ccc(NC(N)=NCCCn2cccn2)cc1Cl. The van der Waals surface area contributed by atoms with Gasteiger partial charge in [0.15, 0.2) is 5.96 Å². The fourth-order valence-corrected chi connectivity index (χ4v) is 2.05. The van der Waals surface area contributed by atoms with Crippen LogP contribution in [0.2, 0.25) is 5.02 Å². The molecule has 0 radical (unpaired) electrons. The molecule has 1 heterocycles. The Hall–Kier alpha value is -2.21. The summed E-state index contributed by atoms with van der Waals surface area (Å²) < 4.78 is 6.95. The molecule has 2 aromatic rings. The minimum atomic E-state index is 0.358. The van der Waals surface area contributed by atoms with Crippen molar-refractivity contribution in [3.8, 4) is 5.75 Å². The third-order valence-electron chi connectivity index (χ3n) is 2.81. The zero-order chi connectivity index (χ0) is 15.1. The number of ether oxygens (including phenoxy) is 1. The third kappa shape index (κ3) is 4.68. The van der Waals surface area contributed by atoms with Crippen molar-refractivity contribution >= 4 is 23.2 Å². The van der Waals surface area contributed by atoms with E-state index in [-0.39, 0.29) is 0 Å². The molecular weight excluding hydrogens is 290 g/mol. The maximum Gasteiger partial charge on any atom is 0.193 e. The number of aromatic nitrogens is 2. The van der Waals surface area contributed by atoms with E-state index in [1.54, 1.807) is 25.4 Å². The van der Waals surface area contributed by atoms with E-state index < -0.39 is 0 Å². The monoisotopic (exact) mass is 307 g/mol. The average molecular weight is 308 g/mol. The second-order valence-electron chi connectivity index (χ2n) is 4.36. The third-order valence-corrected chi connectivity index (χ3v) is 3.11. The highest BCUT2D eigenvalue weighted by atomic mass is 35.5. The predicted molar refractivity (Wildman–Crippen MR) is 85.0 cm³/mol. The van der Waals surface area contributed by atoms with Crippen molar-refractivity contribution < 1.29 is 4.74 Å². The van der Waals surface area contributed by atoms with Crippen LogP contribution in [0.5, 0.6) is 5.75 Å². The quantitative estimate of drug-likeness (QED) is 0.488. The fourth-order valence-electron chi connectivity index (χ4n) is 1.80. The number of methoxy groups -OCH3 is 1. The van der Waals surface area contributed by atoms with Crippen LogP contribution in [0.3, 0.4) is 0 Å². The maximum absolute atomic E-state index is 6.04. The smallest absolute Gasteiger partial charge is 0.193 e. The van der Waals surface area contributed by atoms with Gasteiger partial charge in [-0.1, -0.05) is 11.6 Å². The first-order valence-corrected chi connectivity index (χ1v) is 6.95. The molecule has 0 saturated heterocycles. The van der Waals surface area contributed by atoms with Gasteiger partial charge in [0.2, 0.25) is 0 Å². The molecule has 0 unspecified atom stereocenters. The molecule has 2 rings (SSSR count). The summed E-state index contributed by atoms with van der Waals surface area (Å²) in [6.07, 6.45) is 4.55. The number of aryl methyl sites for hydroxylation is 1. The predicted octanol–water partition coefficient (Wildman–Crippen LogP) is 2.36. The topological polar surface area (TPSA) is 77.5 Å². The van der Waals surface area contributed by atoms with Gasteiger partial charge >= 0.3 is 0 Å². The summed E-state index contributed by atoms with van der Waals surface area (Å²) in [6.45, 7) is 1.45. The minimum Gasteiger partial charge on any atom is -0.495 e. The Labute approximate surface area is 128 Å². The summed E-state index contributed by atoms with van der Waals surface area (Å²) in [6, 6.07) is 7.24. The molecule has 6 nitrogen and oxygen atoms in total. The molecule has 0 aliphatic rings. The number of nitrogens with two attached hydrogens (primary N) is 1. The van der Waals surface area contributed by atoms with Gasteiger partial charge in [-0.2, -0.15) is 5.10 Å². The van der Waals surface area contributed by atoms with Crippen LogP contribution in [-0.2, 0) is 6.54 Å². The number of anilines is 1. The lowest BCUT2D eigenvalue weighted by molar-refractivity contribution is 0.415. The van der Waals surface area contributed by atoms with Crippen molar-refractivity contribution in [2.24, 2.45) is 10.7 Å². The van der Waals surface area contributed by atoms with Crippen LogP contribution >= 0.6 is 11.6 Å². The highest BCUT2D eigenvalue weighted by Gasteiger charge is 2.02. The Morgan fingerprint density at radius 2 is 2.38 bits per heavy atom. The highest BCUT2D eigenvalue weighted by molar-refractivity contribution is 6.32. The molecule has 0 bridgehead atoms. The molecule has 1 aromatic heterocycles. The van der Waals surface area contributed by atoms with Crippen molar-refractivity contribution in [3.05, 3.63) is 41.7 Å². The Kier molecular flexibility index (Phi) is 5.45. The van der Waals surface area contributed by atoms with Crippen molar-refractivity contribution in [3.63, 3.8) is 0 Å². The number of halogens is 1. The highest BCUT2D eigenvalue weighted by Crippen LogP contribution is 2.26. The van der Waals surface area contributed by atoms with E-state index in [9.17, 15) is 0 Å². The Bertz CT molecular complexity index is 597. The molecule has 0 fully saturated rings. The number of guanidine groups is 1. The number of nitrogens with zero attached hydrogens (tertiary/aromatic N) is 3. The number of nitrogens with one attached hydrogen (secondary N) is 1. The summed E-state index contributed by atoms with van der Waals surface area (Å²) in [7, 11) is 1.57. The van der Waals surface area contributed by atoms with Gasteiger partial charge in [0.1, 0.15) is 5.75 Å². The standard InChI is InChI=1S/C14H18ClN5O/c1-21-13-5-4-11(10-12(13)15)19-14(16)17-6-2-8-20-9-3-7-18-20/h3-5,7,9-10H,2,6,8H2,1H3,(H3,16,17,19). The lowest BCUT2D eigenvalue weighted by Gasteiger charge is -2.08. The lowest BCUT2D eigenvalue weighted by atomic mass is 10.3. The summed E-state index contributed by atoms with van der Waals surface area (Å²) >= 11 is 6.04. The van der Waals surface area contributed by atoms with Gasteiger partial charge in [0.05, 0.1) is 12.1 Å². The van der Waals surface area contributed by atoms with E-state index in [1.807, 2.05) is 23.0 Å². The van der Waals surface area contributed by atoms with Gasteiger partial charge in [-0.05, 0) is 30.7 Å². The second kappa shape index (κ2) is 7.54. The largest absolute Gasteiger partial charge is 0.495 e.